The number of amides is 1. The summed E-state index contributed by atoms with van der Waals surface area (Å²) in [5.74, 6) is -3.93. The van der Waals surface area contributed by atoms with Crippen molar-refractivity contribution in [2.75, 3.05) is 0 Å². The van der Waals surface area contributed by atoms with E-state index in [-0.39, 0.29) is 18.4 Å². The van der Waals surface area contributed by atoms with E-state index in [0.29, 0.717) is 11.1 Å². The third kappa shape index (κ3) is 5.11. The third-order valence-corrected chi connectivity index (χ3v) is 3.50. The smallest absolute Gasteiger partial charge is 0.326 e. The fourth-order valence-electron chi connectivity index (χ4n) is 2.23. The maximum absolute atomic E-state index is 13.1. The van der Waals surface area contributed by atoms with Crippen molar-refractivity contribution in [1.82, 2.24) is 5.32 Å². The number of nitrogens with zero attached hydrogens (tertiary/aromatic N) is 1. The Kier molecular flexibility index (Phi) is 5.79. The Labute approximate surface area is 142 Å². The molecule has 0 unspecified atom stereocenters. The Hall–Kier alpha value is -3.27. The van der Waals surface area contributed by atoms with Crippen molar-refractivity contribution in [3.63, 3.8) is 0 Å². The zero-order valence-electron chi connectivity index (χ0n) is 13.0. The van der Waals surface area contributed by atoms with Gasteiger partial charge in [0, 0.05) is 6.42 Å². The number of halogens is 2. The molecule has 2 aromatic rings. The molecule has 0 spiro atoms. The molecule has 0 bridgehead atoms. The number of nitrogens with one attached hydrogen (secondary N) is 1. The topological polar surface area (TPSA) is 90.2 Å². The fraction of sp³-hybridized carbons (Fsp3) is 0.167. The van der Waals surface area contributed by atoms with E-state index in [1.54, 1.807) is 24.3 Å². The molecule has 0 saturated heterocycles. The van der Waals surface area contributed by atoms with Gasteiger partial charge in [0.25, 0.3) is 0 Å². The van der Waals surface area contributed by atoms with E-state index in [1.165, 1.54) is 6.07 Å². The molecule has 5 nitrogen and oxygen atoms in total. The molecule has 0 radical (unpaired) electrons. The van der Waals surface area contributed by atoms with Crippen LogP contribution in [-0.4, -0.2) is 23.0 Å². The summed E-state index contributed by atoms with van der Waals surface area (Å²) >= 11 is 0. The lowest BCUT2D eigenvalue weighted by Gasteiger charge is -2.15. The fourth-order valence-corrected chi connectivity index (χ4v) is 2.23. The van der Waals surface area contributed by atoms with Crippen molar-refractivity contribution in [3.05, 3.63) is 70.8 Å². The van der Waals surface area contributed by atoms with Crippen LogP contribution < -0.4 is 5.32 Å². The van der Waals surface area contributed by atoms with Gasteiger partial charge in [0.05, 0.1) is 18.1 Å². The van der Waals surface area contributed by atoms with Crippen LogP contribution in [0.3, 0.4) is 0 Å². The molecule has 0 aliphatic carbocycles. The molecule has 25 heavy (non-hydrogen) atoms. The number of carbonyl (C=O) groups excluding carboxylic acids is 1. The summed E-state index contributed by atoms with van der Waals surface area (Å²) in [5.41, 5.74) is 1.32. The summed E-state index contributed by atoms with van der Waals surface area (Å²) in [6, 6.07) is 10.2. The number of carboxylic acids is 1. The molecular formula is C18H14F2N2O3. The summed E-state index contributed by atoms with van der Waals surface area (Å²) in [6.45, 7) is 0. The van der Waals surface area contributed by atoms with Crippen molar-refractivity contribution in [2.24, 2.45) is 0 Å². The number of carbonyl (C=O) groups is 2. The van der Waals surface area contributed by atoms with Crippen LogP contribution in [0.2, 0.25) is 0 Å². The average molecular weight is 344 g/mol. The van der Waals surface area contributed by atoms with Crippen molar-refractivity contribution < 1.29 is 23.5 Å². The van der Waals surface area contributed by atoms with Crippen LogP contribution in [0.15, 0.2) is 42.5 Å². The number of rotatable bonds is 6. The second-order valence-corrected chi connectivity index (χ2v) is 5.40. The molecule has 2 rings (SSSR count). The first kappa shape index (κ1) is 18.1. The molecule has 0 saturated carbocycles. The second kappa shape index (κ2) is 8.02. The van der Waals surface area contributed by atoms with Crippen LogP contribution in [0, 0.1) is 23.0 Å². The monoisotopic (exact) mass is 344 g/mol. The van der Waals surface area contributed by atoms with Crippen LogP contribution in [0.4, 0.5) is 8.78 Å². The van der Waals surface area contributed by atoms with E-state index >= 15 is 0 Å². The Morgan fingerprint density at radius 2 is 1.72 bits per heavy atom. The van der Waals surface area contributed by atoms with Crippen LogP contribution in [0.5, 0.6) is 0 Å². The maximum Gasteiger partial charge on any atom is 0.326 e. The maximum atomic E-state index is 13.1. The molecule has 1 amide bonds. The highest BCUT2D eigenvalue weighted by Gasteiger charge is 2.20. The van der Waals surface area contributed by atoms with Gasteiger partial charge in [0.1, 0.15) is 6.04 Å². The molecule has 0 heterocycles. The number of benzene rings is 2. The van der Waals surface area contributed by atoms with Gasteiger partial charge in [-0.15, -0.1) is 0 Å². The summed E-state index contributed by atoms with van der Waals surface area (Å²) < 4.78 is 26.0. The molecule has 0 fully saturated rings. The van der Waals surface area contributed by atoms with Crippen molar-refractivity contribution in [2.45, 2.75) is 18.9 Å². The second-order valence-electron chi connectivity index (χ2n) is 5.40. The largest absolute Gasteiger partial charge is 0.480 e. The number of carboxylic acid groups (broad SMARTS) is 1. The van der Waals surface area contributed by atoms with Crippen LogP contribution in [-0.2, 0) is 22.4 Å². The zero-order chi connectivity index (χ0) is 18.4. The molecule has 7 heteroatoms. The Morgan fingerprint density at radius 1 is 1.08 bits per heavy atom. The van der Waals surface area contributed by atoms with E-state index in [9.17, 15) is 23.5 Å². The average Bonchev–Trinajstić information content (AvgIpc) is 2.58. The Bertz CT molecular complexity index is 829. The van der Waals surface area contributed by atoms with Gasteiger partial charge in [-0.2, -0.15) is 5.26 Å². The summed E-state index contributed by atoms with van der Waals surface area (Å²) in [6.07, 6.45) is -0.237. The summed E-state index contributed by atoms with van der Waals surface area (Å²) in [5, 5.41) is 20.4. The summed E-state index contributed by atoms with van der Waals surface area (Å²) in [7, 11) is 0. The van der Waals surface area contributed by atoms with Crippen LogP contribution in [0.1, 0.15) is 16.7 Å². The lowest BCUT2D eigenvalue weighted by molar-refractivity contribution is -0.141. The van der Waals surface area contributed by atoms with Gasteiger partial charge in [0.2, 0.25) is 5.91 Å². The lowest BCUT2D eigenvalue weighted by Crippen LogP contribution is -2.43. The SMILES string of the molecule is N#Cc1ccc(C[C@H](NC(=O)Cc2ccc(F)c(F)c2)C(=O)O)cc1. The minimum absolute atomic E-state index is 0.0323. The molecule has 0 aromatic heterocycles. The highest BCUT2D eigenvalue weighted by molar-refractivity contribution is 5.85. The first-order chi connectivity index (χ1) is 11.9. The normalized spacial score (nSPS) is 11.4. The van der Waals surface area contributed by atoms with Crippen LogP contribution >= 0.6 is 0 Å². The standard InChI is InChI=1S/C18H14F2N2O3/c19-14-6-5-13(7-15(14)20)9-17(23)22-16(18(24)25)8-11-1-3-12(10-21)4-2-11/h1-7,16H,8-9H2,(H,22,23)(H,24,25)/t16-/m0/s1. The van der Waals surface area contributed by atoms with E-state index in [4.69, 9.17) is 5.26 Å². The Morgan fingerprint density at radius 3 is 2.28 bits per heavy atom. The minimum atomic E-state index is -1.22. The minimum Gasteiger partial charge on any atom is -0.480 e. The first-order valence-corrected chi connectivity index (χ1v) is 7.34. The molecular weight excluding hydrogens is 330 g/mol. The van der Waals surface area contributed by atoms with Gasteiger partial charge in [-0.25, -0.2) is 13.6 Å². The number of nitriles is 1. The van der Waals surface area contributed by atoms with E-state index in [1.807, 2.05) is 6.07 Å². The molecule has 0 aliphatic heterocycles. The number of hydrogen-bond donors (Lipinski definition) is 2. The van der Waals surface area contributed by atoms with E-state index < -0.39 is 29.6 Å². The predicted octanol–water partition coefficient (Wildman–Crippen LogP) is 2.19. The van der Waals surface area contributed by atoms with Gasteiger partial charge in [-0.3, -0.25) is 4.79 Å². The molecule has 1 atom stereocenters. The first-order valence-electron chi connectivity index (χ1n) is 7.34. The lowest BCUT2D eigenvalue weighted by atomic mass is 10.0. The molecule has 2 aromatic carbocycles. The Balaban J connectivity index is 2.02. The highest BCUT2D eigenvalue weighted by Crippen LogP contribution is 2.10. The van der Waals surface area contributed by atoms with Gasteiger partial charge < -0.3 is 10.4 Å². The van der Waals surface area contributed by atoms with E-state index in [0.717, 1.165) is 12.1 Å². The van der Waals surface area contributed by atoms with Crippen molar-refractivity contribution >= 4 is 11.9 Å². The quantitative estimate of drug-likeness (QED) is 0.840. The number of aliphatic carboxylic acids is 1. The third-order valence-electron chi connectivity index (χ3n) is 3.50. The van der Waals surface area contributed by atoms with E-state index in [2.05, 4.69) is 5.32 Å². The van der Waals surface area contributed by atoms with Crippen LogP contribution in [0.25, 0.3) is 0 Å². The van der Waals surface area contributed by atoms with Gasteiger partial charge in [0.15, 0.2) is 11.6 Å². The van der Waals surface area contributed by atoms with Crippen molar-refractivity contribution in [3.8, 4) is 6.07 Å². The zero-order valence-corrected chi connectivity index (χ0v) is 13.0. The molecule has 128 valence electrons. The number of hydrogen-bond acceptors (Lipinski definition) is 3. The van der Waals surface area contributed by atoms with Crippen molar-refractivity contribution in [1.29, 1.82) is 5.26 Å². The van der Waals surface area contributed by atoms with Gasteiger partial charge in [-0.1, -0.05) is 18.2 Å². The molecule has 2 N–H and O–H groups in total. The van der Waals surface area contributed by atoms with Gasteiger partial charge in [-0.05, 0) is 35.4 Å². The predicted molar refractivity (Wildman–Crippen MR) is 84.5 cm³/mol. The summed E-state index contributed by atoms with van der Waals surface area (Å²) in [4.78, 5) is 23.3. The van der Waals surface area contributed by atoms with Gasteiger partial charge >= 0.3 is 5.97 Å². The highest BCUT2D eigenvalue weighted by atomic mass is 19.2. The molecule has 0 aliphatic rings.